The first-order valence-electron chi connectivity index (χ1n) is 7.35. The Morgan fingerprint density at radius 2 is 1.44 bits per heavy atom. The van der Waals surface area contributed by atoms with Crippen LogP contribution in [0, 0.1) is 0 Å². The second-order valence-electron chi connectivity index (χ2n) is 6.41. The molecule has 2 spiro atoms. The molecule has 0 aromatic heterocycles. The topological polar surface area (TPSA) is 21.3 Å². The molecule has 3 aliphatic rings. The number of halogens is 2. The number of nitrogens with one attached hydrogen (secondary N) is 1. The van der Waals surface area contributed by atoms with Gasteiger partial charge in [-0.2, -0.15) is 0 Å². The largest absolute Gasteiger partial charge is 0.361 e. The van der Waals surface area contributed by atoms with Gasteiger partial charge in [0.2, 0.25) is 5.92 Å². The summed E-state index contributed by atoms with van der Waals surface area (Å²) in [5, 5.41) is 3.67. The smallest absolute Gasteiger partial charge is 0.248 e. The normalized spacial score (nSPS) is 33.7. The summed E-state index contributed by atoms with van der Waals surface area (Å²) in [5.74, 6) is -2.48. The fourth-order valence-corrected chi connectivity index (χ4v) is 3.92. The zero-order valence-electron chi connectivity index (χ0n) is 10.9. The summed E-state index contributed by atoms with van der Waals surface area (Å²) in [4.78, 5) is 0. The first kappa shape index (κ1) is 12.8. The molecule has 0 unspecified atom stereocenters. The zero-order valence-corrected chi connectivity index (χ0v) is 10.9. The minimum atomic E-state index is -2.48. The Morgan fingerprint density at radius 1 is 0.778 bits per heavy atom. The second-order valence-corrected chi connectivity index (χ2v) is 6.41. The van der Waals surface area contributed by atoms with E-state index in [1.165, 1.54) is 32.1 Å². The van der Waals surface area contributed by atoms with Crippen LogP contribution in [0.25, 0.3) is 0 Å². The van der Waals surface area contributed by atoms with E-state index in [0.717, 1.165) is 13.0 Å². The molecule has 4 heteroatoms. The third-order valence-corrected chi connectivity index (χ3v) is 5.05. The van der Waals surface area contributed by atoms with Crippen molar-refractivity contribution < 1.29 is 13.5 Å². The van der Waals surface area contributed by atoms with Crippen molar-refractivity contribution in [1.82, 2.24) is 5.32 Å². The zero-order chi connectivity index (χ0) is 12.7. The Hall–Kier alpha value is -0.220. The monoisotopic (exact) mass is 259 g/mol. The summed E-state index contributed by atoms with van der Waals surface area (Å²) in [6.45, 7) is 0.735. The van der Waals surface area contributed by atoms with Gasteiger partial charge in [-0.1, -0.05) is 19.3 Å². The summed E-state index contributed by atoms with van der Waals surface area (Å²) in [6, 6.07) is 0. The SMILES string of the molecule is FC1(F)CCC2(CC1)NC1(CCCCC1)CCO2. The number of hydrogen-bond acceptors (Lipinski definition) is 2. The minimum absolute atomic E-state index is 0.0317. The van der Waals surface area contributed by atoms with E-state index in [1.54, 1.807) is 0 Å². The molecule has 1 aliphatic heterocycles. The van der Waals surface area contributed by atoms with Gasteiger partial charge in [-0.15, -0.1) is 0 Å². The van der Waals surface area contributed by atoms with Crippen molar-refractivity contribution in [2.24, 2.45) is 0 Å². The van der Waals surface area contributed by atoms with Crippen LogP contribution in [0.5, 0.6) is 0 Å². The van der Waals surface area contributed by atoms with E-state index in [9.17, 15) is 8.78 Å². The lowest BCUT2D eigenvalue weighted by molar-refractivity contribution is -0.187. The van der Waals surface area contributed by atoms with Gasteiger partial charge in [-0.25, -0.2) is 8.78 Å². The molecule has 1 N–H and O–H groups in total. The Balaban J connectivity index is 1.70. The van der Waals surface area contributed by atoms with Crippen LogP contribution in [0.15, 0.2) is 0 Å². The summed E-state index contributed by atoms with van der Waals surface area (Å²) in [5.41, 5.74) is -0.263. The van der Waals surface area contributed by atoms with Crippen molar-refractivity contribution in [1.29, 1.82) is 0 Å². The molecule has 2 nitrogen and oxygen atoms in total. The van der Waals surface area contributed by atoms with Crippen molar-refractivity contribution >= 4 is 0 Å². The molecular formula is C14H23F2NO. The Kier molecular flexibility index (Phi) is 3.14. The van der Waals surface area contributed by atoms with Crippen LogP contribution >= 0.6 is 0 Å². The maximum atomic E-state index is 13.3. The van der Waals surface area contributed by atoms with Crippen LogP contribution in [0.3, 0.4) is 0 Å². The predicted octanol–water partition coefficient (Wildman–Crippen LogP) is 3.60. The first-order valence-corrected chi connectivity index (χ1v) is 7.35. The molecule has 0 bridgehead atoms. The Bertz CT molecular complexity index is 297. The molecule has 1 saturated heterocycles. The van der Waals surface area contributed by atoms with E-state index in [2.05, 4.69) is 5.32 Å². The van der Waals surface area contributed by atoms with E-state index < -0.39 is 11.6 Å². The number of hydrogen-bond donors (Lipinski definition) is 1. The van der Waals surface area contributed by atoms with Gasteiger partial charge in [0, 0.05) is 18.4 Å². The number of alkyl halides is 2. The van der Waals surface area contributed by atoms with Crippen molar-refractivity contribution in [2.45, 2.75) is 81.4 Å². The highest BCUT2D eigenvalue weighted by Gasteiger charge is 2.50. The van der Waals surface area contributed by atoms with Crippen molar-refractivity contribution in [3.05, 3.63) is 0 Å². The maximum absolute atomic E-state index is 13.3. The van der Waals surface area contributed by atoms with Gasteiger partial charge in [0.05, 0.1) is 6.61 Å². The van der Waals surface area contributed by atoms with Gasteiger partial charge < -0.3 is 4.74 Å². The fourth-order valence-electron chi connectivity index (χ4n) is 3.92. The summed E-state index contributed by atoms with van der Waals surface area (Å²) in [6.07, 6.45) is 8.12. The van der Waals surface area contributed by atoms with Crippen LogP contribution < -0.4 is 5.32 Å². The highest BCUT2D eigenvalue weighted by Crippen LogP contribution is 2.44. The maximum Gasteiger partial charge on any atom is 0.248 e. The molecule has 0 amide bonds. The number of rotatable bonds is 0. The van der Waals surface area contributed by atoms with Crippen LogP contribution in [0.1, 0.15) is 64.2 Å². The van der Waals surface area contributed by atoms with Crippen molar-refractivity contribution in [3.63, 3.8) is 0 Å². The fraction of sp³-hybridized carbons (Fsp3) is 1.00. The van der Waals surface area contributed by atoms with E-state index in [0.29, 0.717) is 12.8 Å². The standard InChI is InChI=1S/C14H23F2NO/c15-13(16)6-8-14(9-7-13)17-12(10-11-18-14)4-2-1-3-5-12/h17H,1-11H2. The molecule has 0 aromatic rings. The van der Waals surface area contributed by atoms with E-state index in [4.69, 9.17) is 4.74 Å². The third kappa shape index (κ3) is 2.42. The van der Waals surface area contributed by atoms with Gasteiger partial charge in [-0.3, -0.25) is 5.32 Å². The molecule has 2 saturated carbocycles. The Labute approximate surface area is 107 Å². The molecule has 0 radical (unpaired) electrons. The molecule has 3 fully saturated rings. The van der Waals surface area contributed by atoms with Gasteiger partial charge in [-0.05, 0) is 32.1 Å². The lowest BCUT2D eigenvalue weighted by Crippen LogP contribution is -2.65. The quantitative estimate of drug-likeness (QED) is 0.717. The molecule has 0 aromatic carbocycles. The number of ether oxygens (including phenoxy) is 1. The summed E-state index contributed by atoms with van der Waals surface area (Å²) < 4.78 is 32.5. The van der Waals surface area contributed by atoms with E-state index in [-0.39, 0.29) is 18.4 Å². The first-order chi connectivity index (χ1) is 8.54. The van der Waals surface area contributed by atoms with Crippen molar-refractivity contribution in [3.8, 4) is 0 Å². The average molecular weight is 259 g/mol. The molecule has 0 atom stereocenters. The molecule has 3 rings (SSSR count). The third-order valence-electron chi connectivity index (χ3n) is 5.05. The van der Waals surface area contributed by atoms with Gasteiger partial charge in [0.15, 0.2) is 0 Å². The van der Waals surface area contributed by atoms with Crippen LogP contribution in [0.4, 0.5) is 8.78 Å². The summed E-state index contributed by atoms with van der Waals surface area (Å²) >= 11 is 0. The van der Waals surface area contributed by atoms with Crippen LogP contribution in [-0.4, -0.2) is 23.8 Å². The van der Waals surface area contributed by atoms with Gasteiger partial charge in [0.25, 0.3) is 0 Å². The molecule has 104 valence electrons. The summed E-state index contributed by atoms with van der Waals surface area (Å²) in [7, 11) is 0. The predicted molar refractivity (Wildman–Crippen MR) is 65.7 cm³/mol. The van der Waals surface area contributed by atoms with Crippen molar-refractivity contribution in [2.75, 3.05) is 6.61 Å². The highest BCUT2D eigenvalue weighted by atomic mass is 19.3. The lowest BCUT2D eigenvalue weighted by Gasteiger charge is -2.53. The van der Waals surface area contributed by atoms with Gasteiger partial charge >= 0.3 is 0 Å². The molecule has 1 heterocycles. The van der Waals surface area contributed by atoms with Gasteiger partial charge in [0.1, 0.15) is 5.72 Å². The van der Waals surface area contributed by atoms with Crippen LogP contribution in [0.2, 0.25) is 0 Å². The second kappa shape index (κ2) is 4.41. The Morgan fingerprint density at radius 3 is 2.11 bits per heavy atom. The highest BCUT2D eigenvalue weighted by molar-refractivity contribution is 5.01. The molecular weight excluding hydrogens is 236 g/mol. The average Bonchev–Trinajstić information content (AvgIpc) is 2.35. The molecule has 2 aliphatic carbocycles. The lowest BCUT2D eigenvalue weighted by atomic mass is 9.75. The molecule has 18 heavy (non-hydrogen) atoms. The van der Waals surface area contributed by atoms with E-state index >= 15 is 0 Å². The van der Waals surface area contributed by atoms with Crippen LogP contribution in [-0.2, 0) is 4.74 Å². The van der Waals surface area contributed by atoms with E-state index in [1.807, 2.05) is 0 Å². The minimum Gasteiger partial charge on any atom is -0.361 e.